The Kier molecular flexibility index (Phi) is 3.47. The van der Waals surface area contributed by atoms with Crippen LogP contribution >= 0.6 is 15.9 Å². The van der Waals surface area contributed by atoms with Crippen LogP contribution in [0.3, 0.4) is 0 Å². The zero-order valence-corrected chi connectivity index (χ0v) is 12.5. The van der Waals surface area contributed by atoms with Crippen LogP contribution in [0.5, 0.6) is 5.75 Å². The molecule has 1 N–H and O–H groups in total. The molecule has 0 saturated carbocycles. The monoisotopic (exact) mass is 317 g/mol. The van der Waals surface area contributed by atoms with Gasteiger partial charge in [0.2, 0.25) is 0 Å². The van der Waals surface area contributed by atoms with Crippen molar-refractivity contribution in [3.63, 3.8) is 0 Å². The molecule has 3 rings (SSSR count). The molecule has 0 unspecified atom stereocenters. The largest absolute Gasteiger partial charge is 0.493 e. The highest BCUT2D eigenvalue weighted by Gasteiger charge is 2.11. The first kappa shape index (κ1) is 12.5. The number of benzene rings is 2. The van der Waals surface area contributed by atoms with Gasteiger partial charge in [-0.15, -0.1) is 0 Å². The van der Waals surface area contributed by atoms with Crippen molar-refractivity contribution < 1.29 is 4.74 Å². The predicted molar refractivity (Wildman–Crippen MR) is 81.8 cm³/mol. The SMILES string of the molecule is Cc1ccc(Br)c(NCc2ccc3c(c2)CCO3)c1. The fourth-order valence-electron chi connectivity index (χ4n) is 2.32. The van der Waals surface area contributed by atoms with E-state index >= 15 is 0 Å². The van der Waals surface area contributed by atoms with Gasteiger partial charge in [0, 0.05) is 23.1 Å². The lowest BCUT2D eigenvalue weighted by Crippen LogP contribution is -2.00. The molecule has 2 aromatic rings. The normalized spacial score (nSPS) is 12.9. The van der Waals surface area contributed by atoms with Crippen LogP contribution in [0.25, 0.3) is 0 Å². The Morgan fingerprint density at radius 1 is 1.21 bits per heavy atom. The lowest BCUT2D eigenvalue weighted by molar-refractivity contribution is 0.357. The van der Waals surface area contributed by atoms with Crippen LogP contribution in [-0.4, -0.2) is 6.61 Å². The van der Waals surface area contributed by atoms with E-state index in [0.717, 1.165) is 35.5 Å². The molecular formula is C16H16BrNO. The molecule has 0 amide bonds. The summed E-state index contributed by atoms with van der Waals surface area (Å²) in [6.45, 7) is 3.75. The molecule has 19 heavy (non-hydrogen) atoms. The van der Waals surface area contributed by atoms with E-state index in [1.54, 1.807) is 0 Å². The van der Waals surface area contributed by atoms with Gasteiger partial charge in [0.1, 0.15) is 5.75 Å². The summed E-state index contributed by atoms with van der Waals surface area (Å²) in [4.78, 5) is 0. The Bertz CT molecular complexity index is 610. The van der Waals surface area contributed by atoms with Crippen molar-refractivity contribution in [2.75, 3.05) is 11.9 Å². The Labute approximate surface area is 121 Å². The fourth-order valence-corrected chi connectivity index (χ4v) is 2.71. The molecule has 0 spiro atoms. The zero-order chi connectivity index (χ0) is 13.2. The van der Waals surface area contributed by atoms with Gasteiger partial charge in [-0.25, -0.2) is 0 Å². The minimum atomic E-state index is 0.815. The Hall–Kier alpha value is -1.48. The van der Waals surface area contributed by atoms with Gasteiger partial charge < -0.3 is 10.1 Å². The minimum absolute atomic E-state index is 0.815. The summed E-state index contributed by atoms with van der Waals surface area (Å²) in [5, 5.41) is 3.47. The number of nitrogens with one attached hydrogen (secondary N) is 1. The van der Waals surface area contributed by atoms with Crippen LogP contribution in [0.1, 0.15) is 16.7 Å². The summed E-state index contributed by atoms with van der Waals surface area (Å²) in [6, 6.07) is 12.8. The molecular weight excluding hydrogens is 302 g/mol. The number of hydrogen-bond donors (Lipinski definition) is 1. The standard InChI is InChI=1S/C16H16BrNO/c1-11-2-4-14(17)15(8-11)18-10-12-3-5-16-13(9-12)6-7-19-16/h2-5,8-9,18H,6-7,10H2,1H3. The topological polar surface area (TPSA) is 21.3 Å². The van der Waals surface area contributed by atoms with E-state index < -0.39 is 0 Å². The maximum absolute atomic E-state index is 5.52. The molecule has 0 atom stereocenters. The molecule has 1 aliphatic rings. The number of ether oxygens (including phenoxy) is 1. The number of aryl methyl sites for hydroxylation is 1. The van der Waals surface area contributed by atoms with Gasteiger partial charge in [-0.2, -0.15) is 0 Å². The fraction of sp³-hybridized carbons (Fsp3) is 0.250. The van der Waals surface area contributed by atoms with E-state index in [1.165, 1.54) is 16.7 Å². The average Bonchev–Trinajstić information content (AvgIpc) is 2.87. The Balaban J connectivity index is 1.74. The first-order chi connectivity index (χ1) is 9.22. The maximum Gasteiger partial charge on any atom is 0.122 e. The van der Waals surface area contributed by atoms with E-state index in [1.807, 2.05) is 0 Å². The number of halogens is 1. The highest BCUT2D eigenvalue weighted by Crippen LogP contribution is 2.27. The molecule has 98 valence electrons. The second kappa shape index (κ2) is 5.25. The van der Waals surface area contributed by atoms with Crippen molar-refractivity contribution in [2.24, 2.45) is 0 Å². The van der Waals surface area contributed by atoms with Crippen molar-refractivity contribution in [2.45, 2.75) is 19.9 Å². The maximum atomic E-state index is 5.52. The van der Waals surface area contributed by atoms with Gasteiger partial charge in [-0.05, 0) is 57.7 Å². The van der Waals surface area contributed by atoms with Gasteiger partial charge in [-0.3, -0.25) is 0 Å². The van der Waals surface area contributed by atoms with E-state index in [2.05, 4.69) is 64.6 Å². The molecule has 0 fully saturated rings. The third-order valence-electron chi connectivity index (χ3n) is 3.36. The number of fused-ring (bicyclic) bond motifs is 1. The van der Waals surface area contributed by atoms with Crippen LogP contribution in [0, 0.1) is 6.92 Å². The van der Waals surface area contributed by atoms with Crippen LogP contribution in [-0.2, 0) is 13.0 Å². The summed E-state index contributed by atoms with van der Waals surface area (Å²) in [6.07, 6.45) is 1.03. The first-order valence-corrected chi connectivity index (χ1v) is 7.26. The Morgan fingerprint density at radius 2 is 2.11 bits per heavy atom. The van der Waals surface area contributed by atoms with Crippen molar-refractivity contribution in [3.05, 3.63) is 57.6 Å². The summed E-state index contributed by atoms with van der Waals surface area (Å²) < 4.78 is 6.62. The summed E-state index contributed by atoms with van der Waals surface area (Å²) in [5.41, 5.74) is 5.00. The quantitative estimate of drug-likeness (QED) is 0.911. The van der Waals surface area contributed by atoms with E-state index in [0.29, 0.717) is 0 Å². The number of anilines is 1. The molecule has 3 heteroatoms. The summed E-state index contributed by atoms with van der Waals surface area (Å²) >= 11 is 3.57. The van der Waals surface area contributed by atoms with E-state index in [9.17, 15) is 0 Å². The van der Waals surface area contributed by atoms with Crippen LogP contribution < -0.4 is 10.1 Å². The smallest absolute Gasteiger partial charge is 0.122 e. The van der Waals surface area contributed by atoms with Crippen molar-refractivity contribution in [1.29, 1.82) is 0 Å². The molecule has 1 heterocycles. The molecule has 0 aliphatic carbocycles. The lowest BCUT2D eigenvalue weighted by atomic mass is 10.1. The molecule has 0 saturated heterocycles. The molecule has 2 nitrogen and oxygen atoms in total. The highest BCUT2D eigenvalue weighted by atomic mass is 79.9. The molecule has 0 aromatic heterocycles. The average molecular weight is 318 g/mol. The molecule has 1 aliphatic heterocycles. The van der Waals surface area contributed by atoms with Crippen molar-refractivity contribution in [3.8, 4) is 5.75 Å². The van der Waals surface area contributed by atoms with E-state index in [-0.39, 0.29) is 0 Å². The first-order valence-electron chi connectivity index (χ1n) is 6.47. The van der Waals surface area contributed by atoms with Crippen LogP contribution in [0.15, 0.2) is 40.9 Å². The van der Waals surface area contributed by atoms with Gasteiger partial charge in [0.15, 0.2) is 0 Å². The second-order valence-corrected chi connectivity index (χ2v) is 5.73. The third kappa shape index (κ3) is 2.76. The van der Waals surface area contributed by atoms with Crippen LogP contribution in [0.2, 0.25) is 0 Å². The number of rotatable bonds is 3. The van der Waals surface area contributed by atoms with E-state index in [4.69, 9.17) is 4.74 Å². The lowest BCUT2D eigenvalue weighted by Gasteiger charge is -2.10. The molecule has 2 aromatic carbocycles. The van der Waals surface area contributed by atoms with Crippen molar-refractivity contribution in [1.82, 2.24) is 0 Å². The third-order valence-corrected chi connectivity index (χ3v) is 4.05. The predicted octanol–water partition coefficient (Wildman–Crippen LogP) is 4.30. The van der Waals surface area contributed by atoms with Gasteiger partial charge in [0.25, 0.3) is 0 Å². The summed E-state index contributed by atoms with van der Waals surface area (Å²) in [5.74, 6) is 1.04. The molecule has 0 radical (unpaired) electrons. The Morgan fingerprint density at radius 3 is 3.00 bits per heavy atom. The van der Waals surface area contributed by atoms with Gasteiger partial charge >= 0.3 is 0 Å². The van der Waals surface area contributed by atoms with Gasteiger partial charge in [-0.1, -0.05) is 18.2 Å². The van der Waals surface area contributed by atoms with Gasteiger partial charge in [0.05, 0.1) is 6.61 Å². The molecule has 0 bridgehead atoms. The highest BCUT2D eigenvalue weighted by molar-refractivity contribution is 9.10. The zero-order valence-electron chi connectivity index (χ0n) is 10.9. The number of hydrogen-bond acceptors (Lipinski definition) is 2. The summed E-state index contributed by atoms with van der Waals surface area (Å²) in [7, 11) is 0. The van der Waals surface area contributed by atoms with Crippen LogP contribution in [0.4, 0.5) is 5.69 Å². The minimum Gasteiger partial charge on any atom is -0.493 e. The van der Waals surface area contributed by atoms with Crippen molar-refractivity contribution >= 4 is 21.6 Å². The second-order valence-electron chi connectivity index (χ2n) is 4.88.